The van der Waals surface area contributed by atoms with Crippen LogP contribution in [0.25, 0.3) is 0 Å². The molecule has 0 aliphatic rings. The smallest absolute Gasteiger partial charge is 0.410 e. The monoisotopic (exact) mass is 358 g/mol. The zero-order chi connectivity index (χ0) is 19.0. The highest BCUT2D eigenvalue weighted by molar-refractivity contribution is 5.68. The quantitative estimate of drug-likeness (QED) is 0.773. The summed E-state index contributed by atoms with van der Waals surface area (Å²) in [5, 5.41) is 3.15. The topological polar surface area (TPSA) is 50.8 Å². The average molecular weight is 358 g/mol. The van der Waals surface area contributed by atoms with Crippen molar-refractivity contribution in [1.82, 2.24) is 10.2 Å². The lowest BCUT2D eigenvalue weighted by Crippen LogP contribution is -2.42. The van der Waals surface area contributed by atoms with E-state index in [2.05, 4.69) is 5.32 Å². The van der Waals surface area contributed by atoms with Crippen LogP contribution in [-0.2, 0) is 9.47 Å². The third-order valence-corrected chi connectivity index (χ3v) is 3.43. The molecule has 0 bridgehead atoms. The molecule has 0 heterocycles. The van der Waals surface area contributed by atoms with Crippen molar-refractivity contribution in [2.75, 3.05) is 33.4 Å². The molecule has 0 aliphatic heterocycles. The van der Waals surface area contributed by atoms with E-state index in [4.69, 9.17) is 9.47 Å². The van der Waals surface area contributed by atoms with Crippen molar-refractivity contribution >= 4 is 6.09 Å². The lowest BCUT2D eigenvalue weighted by atomic mass is 10.1. The van der Waals surface area contributed by atoms with E-state index >= 15 is 0 Å². The van der Waals surface area contributed by atoms with Crippen molar-refractivity contribution in [2.24, 2.45) is 0 Å². The number of nitrogens with zero attached hydrogens (tertiary/aromatic N) is 1. The van der Waals surface area contributed by atoms with Gasteiger partial charge in [0.1, 0.15) is 17.2 Å². The van der Waals surface area contributed by atoms with Crippen LogP contribution in [0.3, 0.4) is 0 Å². The molecule has 0 aliphatic carbocycles. The number of benzene rings is 1. The van der Waals surface area contributed by atoms with Gasteiger partial charge in [0.05, 0.1) is 6.61 Å². The summed E-state index contributed by atoms with van der Waals surface area (Å²) >= 11 is 0. The van der Waals surface area contributed by atoms with Gasteiger partial charge >= 0.3 is 6.09 Å². The maximum atomic E-state index is 13.3. The summed E-state index contributed by atoms with van der Waals surface area (Å²) in [5.74, 6) is -1.22. The van der Waals surface area contributed by atoms with Crippen LogP contribution < -0.4 is 5.32 Å². The molecule has 1 atom stereocenters. The summed E-state index contributed by atoms with van der Waals surface area (Å²) in [6, 6.07) is 3.16. The van der Waals surface area contributed by atoms with Crippen LogP contribution in [0, 0.1) is 11.6 Å². The molecule has 142 valence electrons. The third-order valence-electron chi connectivity index (χ3n) is 3.43. The van der Waals surface area contributed by atoms with E-state index in [1.807, 2.05) is 0 Å². The van der Waals surface area contributed by atoms with E-state index in [0.29, 0.717) is 31.8 Å². The lowest BCUT2D eigenvalue weighted by molar-refractivity contribution is 0.0203. The first kappa shape index (κ1) is 21.3. The molecule has 25 heavy (non-hydrogen) atoms. The SMILES string of the molecule is COCCN(CCNC(C)c1cc(F)cc(F)c1)C(=O)OC(C)(C)C. The Labute approximate surface area is 148 Å². The number of hydrogen-bond acceptors (Lipinski definition) is 4. The summed E-state index contributed by atoms with van der Waals surface area (Å²) in [5.41, 5.74) is -0.0689. The molecule has 1 amide bonds. The van der Waals surface area contributed by atoms with E-state index in [0.717, 1.165) is 6.07 Å². The Kier molecular flexibility index (Phi) is 8.25. The van der Waals surface area contributed by atoms with Gasteiger partial charge in [-0.25, -0.2) is 13.6 Å². The number of nitrogens with one attached hydrogen (secondary N) is 1. The zero-order valence-corrected chi connectivity index (χ0v) is 15.6. The molecule has 0 saturated heterocycles. The average Bonchev–Trinajstić information content (AvgIpc) is 2.47. The van der Waals surface area contributed by atoms with E-state index in [1.54, 1.807) is 39.7 Å². The lowest BCUT2D eigenvalue weighted by Gasteiger charge is -2.28. The van der Waals surface area contributed by atoms with Gasteiger partial charge in [0.25, 0.3) is 0 Å². The molecule has 1 aromatic carbocycles. The molecule has 1 aromatic rings. The van der Waals surface area contributed by atoms with Crippen LogP contribution in [0.1, 0.15) is 39.3 Å². The van der Waals surface area contributed by atoms with E-state index in [-0.39, 0.29) is 6.04 Å². The molecule has 0 aromatic heterocycles. The van der Waals surface area contributed by atoms with E-state index < -0.39 is 23.3 Å². The Morgan fingerprint density at radius 1 is 1.20 bits per heavy atom. The van der Waals surface area contributed by atoms with Gasteiger partial charge in [-0.1, -0.05) is 0 Å². The van der Waals surface area contributed by atoms with Crippen molar-refractivity contribution in [3.63, 3.8) is 0 Å². The fourth-order valence-electron chi connectivity index (χ4n) is 2.18. The predicted molar refractivity (Wildman–Crippen MR) is 92.5 cm³/mol. The Bertz CT molecular complexity index is 541. The minimum atomic E-state index is -0.612. The molecule has 0 fully saturated rings. The van der Waals surface area contributed by atoms with Gasteiger partial charge in [-0.05, 0) is 45.4 Å². The molecule has 0 spiro atoms. The highest BCUT2D eigenvalue weighted by Crippen LogP contribution is 2.16. The Morgan fingerprint density at radius 3 is 2.32 bits per heavy atom. The molecule has 1 N–H and O–H groups in total. The largest absolute Gasteiger partial charge is 0.444 e. The predicted octanol–water partition coefficient (Wildman–Crippen LogP) is 3.50. The second-order valence-electron chi connectivity index (χ2n) is 6.84. The fraction of sp³-hybridized carbons (Fsp3) is 0.611. The van der Waals surface area contributed by atoms with Gasteiger partial charge in [-0.15, -0.1) is 0 Å². The summed E-state index contributed by atoms with van der Waals surface area (Å²) in [7, 11) is 1.56. The number of carbonyl (C=O) groups excluding carboxylic acids is 1. The van der Waals surface area contributed by atoms with Crippen LogP contribution in [0.2, 0.25) is 0 Å². The van der Waals surface area contributed by atoms with Crippen molar-refractivity contribution in [3.05, 3.63) is 35.4 Å². The molecule has 0 saturated carbocycles. The number of rotatable bonds is 8. The number of carbonyl (C=O) groups is 1. The van der Waals surface area contributed by atoms with Gasteiger partial charge < -0.3 is 19.7 Å². The maximum absolute atomic E-state index is 13.3. The first-order chi connectivity index (χ1) is 11.6. The summed E-state index contributed by atoms with van der Waals surface area (Å²) in [4.78, 5) is 13.8. The van der Waals surface area contributed by atoms with Gasteiger partial charge in [0, 0.05) is 38.9 Å². The molecule has 1 rings (SSSR count). The van der Waals surface area contributed by atoms with Crippen LogP contribution in [-0.4, -0.2) is 49.9 Å². The molecular weight excluding hydrogens is 330 g/mol. The van der Waals surface area contributed by atoms with E-state index in [9.17, 15) is 13.6 Å². The van der Waals surface area contributed by atoms with Gasteiger partial charge in [-0.2, -0.15) is 0 Å². The number of amides is 1. The van der Waals surface area contributed by atoms with Crippen molar-refractivity contribution in [3.8, 4) is 0 Å². The Morgan fingerprint density at radius 2 is 1.80 bits per heavy atom. The van der Waals surface area contributed by atoms with Crippen LogP contribution in [0.5, 0.6) is 0 Å². The van der Waals surface area contributed by atoms with Gasteiger partial charge in [-0.3, -0.25) is 0 Å². The van der Waals surface area contributed by atoms with Crippen LogP contribution in [0.4, 0.5) is 13.6 Å². The van der Waals surface area contributed by atoms with E-state index in [1.165, 1.54) is 12.1 Å². The molecule has 1 unspecified atom stereocenters. The number of hydrogen-bond donors (Lipinski definition) is 1. The second-order valence-corrected chi connectivity index (χ2v) is 6.84. The minimum Gasteiger partial charge on any atom is -0.444 e. The molecule has 5 nitrogen and oxygen atoms in total. The fourth-order valence-corrected chi connectivity index (χ4v) is 2.18. The maximum Gasteiger partial charge on any atom is 0.410 e. The van der Waals surface area contributed by atoms with Crippen LogP contribution >= 0.6 is 0 Å². The first-order valence-electron chi connectivity index (χ1n) is 8.28. The highest BCUT2D eigenvalue weighted by Gasteiger charge is 2.22. The molecule has 7 heteroatoms. The highest BCUT2D eigenvalue weighted by atomic mass is 19.1. The van der Waals surface area contributed by atoms with Gasteiger partial charge in [0.2, 0.25) is 0 Å². The second kappa shape index (κ2) is 9.68. The van der Waals surface area contributed by atoms with Crippen molar-refractivity contribution in [2.45, 2.75) is 39.3 Å². The normalized spacial score (nSPS) is 12.8. The Balaban J connectivity index is 2.59. The van der Waals surface area contributed by atoms with Crippen molar-refractivity contribution < 1.29 is 23.0 Å². The van der Waals surface area contributed by atoms with Crippen LogP contribution in [0.15, 0.2) is 18.2 Å². The number of halogens is 2. The summed E-state index contributed by atoms with van der Waals surface area (Å²) < 4.78 is 37.0. The molecular formula is C18H28F2N2O3. The van der Waals surface area contributed by atoms with Gasteiger partial charge in [0.15, 0.2) is 0 Å². The third kappa shape index (κ3) is 8.27. The number of ether oxygens (including phenoxy) is 2. The molecule has 0 radical (unpaired) electrons. The standard InChI is InChI=1S/C18H28F2N2O3/c1-13(14-10-15(19)12-16(20)11-14)21-6-7-22(8-9-24-5)17(23)25-18(2,3)4/h10-13,21H,6-9H2,1-5H3. The summed E-state index contributed by atoms with van der Waals surface area (Å²) in [6.07, 6.45) is -0.421. The Hall–Kier alpha value is -1.73. The van der Waals surface area contributed by atoms with Crippen molar-refractivity contribution in [1.29, 1.82) is 0 Å². The zero-order valence-electron chi connectivity index (χ0n) is 15.6. The first-order valence-corrected chi connectivity index (χ1v) is 8.28. The number of methoxy groups -OCH3 is 1. The summed E-state index contributed by atoms with van der Waals surface area (Å²) in [6.45, 7) is 8.85. The minimum absolute atomic E-state index is 0.256.